The van der Waals surface area contributed by atoms with Crippen LogP contribution in [0.1, 0.15) is 11.3 Å². The number of hydrogen-bond acceptors (Lipinski definition) is 1. The standard InChI is InChI=1S/C12H14N2/c1-9-5-4-6-11(7-9)12-13-8-10(2)14(12)3/h4-8H,1-3H3. The lowest BCUT2D eigenvalue weighted by atomic mass is 10.1. The number of imidazole rings is 1. The average Bonchev–Trinajstić information content (AvgIpc) is 2.48. The molecule has 1 heterocycles. The fourth-order valence-corrected chi connectivity index (χ4v) is 1.55. The molecule has 0 amide bonds. The van der Waals surface area contributed by atoms with Crippen LogP contribution in [-0.2, 0) is 7.05 Å². The lowest BCUT2D eigenvalue weighted by Crippen LogP contribution is -1.94. The molecule has 2 rings (SSSR count). The lowest BCUT2D eigenvalue weighted by molar-refractivity contribution is 0.884. The second-order valence-corrected chi connectivity index (χ2v) is 3.65. The van der Waals surface area contributed by atoms with E-state index in [1.165, 1.54) is 16.8 Å². The van der Waals surface area contributed by atoms with E-state index in [2.05, 4.69) is 47.7 Å². The van der Waals surface area contributed by atoms with Crippen molar-refractivity contribution in [2.24, 2.45) is 7.05 Å². The van der Waals surface area contributed by atoms with E-state index in [1.807, 2.05) is 13.2 Å². The van der Waals surface area contributed by atoms with Crippen LogP contribution >= 0.6 is 0 Å². The maximum absolute atomic E-state index is 4.39. The van der Waals surface area contributed by atoms with Crippen molar-refractivity contribution >= 4 is 0 Å². The predicted octanol–water partition coefficient (Wildman–Crippen LogP) is 2.70. The molecule has 0 N–H and O–H groups in total. The second kappa shape index (κ2) is 3.29. The van der Waals surface area contributed by atoms with Crippen LogP contribution in [-0.4, -0.2) is 9.55 Å². The minimum absolute atomic E-state index is 1.03. The lowest BCUT2D eigenvalue weighted by Gasteiger charge is -2.03. The molecule has 1 aromatic heterocycles. The highest BCUT2D eigenvalue weighted by Gasteiger charge is 2.04. The van der Waals surface area contributed by atoms with E-state index in [-0.39, 0.29) is 0 Å². The highest BCUT2D eigenvalue weighted by molar-refractivity contribution is 5.57. The number of aryl methyl sites for hydroxylation is 2. The van der Waals surface area contributed by atoms with Gasteiger partial charge in [0.2, 0.25) is 0 Å². The van der Waals surface area contributed by atoms with Gasteiger partial charge < -0.3 is 4.57 Å². The van der Waals surface area contributed by atoms with Gasteiger partial charge in [0, 0.05) is 24.5 Å². The number of hydrogen-bond donors (Lipinski definition) is 0. The Labute approximate surface area is 84.2 Å². The number of rotatable bonds is 1. The SMILES string of the molecule is Cc1cccc(-c2ncc(C)n2C)c1. The van der Waals surface area contributed by atoms with Crippen LogP contribution in [0.4, 0.5) is 0 Å². The highest BCUT2D eigenvalue weighted by atomic mass is 15.1. The highest BCUT2D eigenvalue weighted by Crippen LogP contribution is 2.18. The molecule has 0 aliphatic heterocycles. The van der Waals surface area contributed by atoms with Crippen LogP contribution < -0.4 is 0 Å². The topological polar surface area (TPSA) is 17.8 Å². The van der Waals surface area contributed by atoms with Gasteiger partial charge in [0.15, 0.2) is 0 Å². The third-order valence-corrected chi connectivity index (χ3v) is 2.50. The van der Waals surface area contributed by atoms with Crippen LogP contribution in [0.3, 0.4) is 0 Å². The summed E-state index contributed by atoms with van der Waals surface area (Å²) in [5.74, 6) is 1.03. The Hall–Kier alpha value is -1.57. The van der Waals surface area contributed by atoms with Crippen LogP contribution in [0.5, 0.6) is 0 Å². The summed E-state index contributed by atoms with van der Waals surface area (Å²) in [6.45, 7) is 4.16. The molecule has 0 aliphatic rings. The van der Waals surface area contributed by atoms with E-state index >= 15 is 0 Å². The maximum atomic E-state index is 4.39. The molecule has 0 saturated heterocycles. The Bertz CT molecular complexity index is 455. The minimum Gasteiger partial charge on any atom is -0.331 e. The summed E-state index contributed by atoms with van der Waals surface area (Å²) in [7, 11) is 2.04. The average molecular weight is 186 g/mol. The van der Waals surface area contributed by atoms with Gasteiger partial charge in [-0.2, -0.15) is 0 Å². The van der Waals surface area contributed by atoms with Crippen molar-refractivity contribution in [2.75, 3.05) is 0 Å². The summed E-state index contributed by atoms with van der Waals surface area (Å²) in [5.41, 5.74) is 3.63. The van der Waals surface area contributed by atoms with Crippen molar-refractivity contribution in [3.05, 3.63) is 41.7 Å². The van der Waals surface area contributed by atoms with Gasteiger partial charge in [-0.05, 0) is 19.9 Å². The van der Waals surface area contributed by atoms with Gasteiger partial charge in [-0.15, -0.1) is 0 Å². The number of nitrogens with zero attached hydrogens (tertiary/aromatic N) is 2. The molecule has 2 aromatic rings. The van der Waals surface area contributed by atoms with Crippen LogP contribution in [0.2, 0.25) is 0 Å². The number of benzene rings is 1. The molecular weight excluding hydrogens is 172 g/mol. The third-order valence-electron chi connectivity index (χ3n) is 2.50. The van der Waals surface area contributed by atoms with Crippen molar-refractivity contribution in [1.29, 1.82) is 0 Å². The summed E-state index contributed by atoms with van der Waals surface area (Å²) in [6, 6.07) is 8.41. The summed E-state index contributed by atoms with van der Waals surface area (Å²) < 4.78 is 2.11. The molecular formula is C12H14N2. The summed E-state index contributed by atoms with van der Waals surface area (Å²) in [6.07, 6.45) is 1.90. The van der Waals surface area contributed by atoms with E-state index in [0.717, 1.165) is 5.82 Å². The molecule has 0 spiro atoms. The van der Waals surface area contributed by atoms with Crippen molar-refractivity contribution in [3.8, 4) is 11.4 Å². The predicted molar refractivity (Wildman–Crippen MR) is 58.1 cm³/mol. The molecule has 0 radical (unpaired) electrons. The summed E-state index contributed by atoms with van der Waals surface area (Å²) in [5, 5.41) is 0. The number of aromatic nitrogens is 2. The first-order valence-electron chi connectivity index (χ1n) is 4.74. The molecule has 2 nitrogen and oxygen atoms in total. The summed E-state index contributed by atoms with van der Waals surface area (Å²) in [4.78, 5) is 4.39. The molecule has 14 heavy (non-hydrogen) atoms. The molecule has 72 valence electrons. The van der Waals surface area contributed by atoms with E-state index in [1.54, 1.807) is 0 Å². The normalized spacial score (nSPS) is 10.5. The molecule has 0 unspecified atom stereocenters. The van der Waals surface area contributed by atoms with E-state index in [0.29, 0.717) is 0 Å². The molecule has 0 atom stereocenters. The first kappa shape index (κ1) is 9.00. The monoisotopic (exact) mass is 186 g/mol. The molecule has 0 fully saturated rings. The molecule has 0 aliphatic carbocycles. The van der Waals surface area contributed by atoms with Gasteiger partial charge >= 0.3 is 0 Å². The zero-order valence-corrected chi connectivity index (χ0v) is 8.78. The first-order chi connectivity index (χ1) is 6.68. The van der Waals surface area contributed by atoms with E-state index in [4.69, 9.17) is 0 Å². The zero-order valence-electron chi connectivity index (χ0n) is 8.78. The molecule has 2 heteroatoms. The van der Waals surface area contributed by atoms with Crippen LogP contribution in [0, 0.1) is 13.8 Å². The van der Waals surface area contributed by atoms with E-state index < -0.39 is 0 Å². The Morgan fingerprint density at radius 2 is 2.00 bits per heavy atom. The van der Waals surface area contributed by atoms with Gasteiger partial charge in [-0.1, -0.05) is 23.8 Å². The minimum atomic E-state index is 1.03. The van der Waals surface area contributed by atoms with Crippen molar-refractivity contribution in [2.45, 2.75) is 13.8 Å². The molecule has 1 aromatic carbocycles. The van der Waals surface area contributed by atoms with Gasteiger partial charge in [0.1, 0.15) is 5.82 Å². The fraction of sp³-hybridized carbons (Fsp3) is 0.250. The van der Waals surface area contributed by atoms with Gasteiger partial charge in [0.25, 0.3) is 0 Å². The second-order valence-electron chi connectivity index (χ2n) is 3.65. The maximum Gasteiger partial charge on any atom is 0.139 e. The Morgan fingerprint density at radius 1 is 1.21 bits per heavy atom. The fourth-order valence-electron chi connectivity index (χ4n) is 1.55. The van der Waals surface area contributed by atoms with Crippen LogP contribution in [0.25, 0.3) is 11.4 Å². The van der Waals surface area contributed by atoms with Crippen molar-refractivity contribution < 1.29 is 0 Å². The zero-order chi connectivity index (χ0) is 10.1. The quantitative estimate of drug-likeness (QED) is 0.669. The van der Waals surface area contributed by atoms with Gasteiger partial charge in [-0.25, -0.2) is 4.98 Å². The Morgan fingerprint density at radius 3 is 2.57 bits per heavy atom. The Balaban J connectivity index is 2.55. The Kier molecular flexibility index (Phi) is 2.12. The third kappa shape index (κ3) is 1.43. The molecule has 0 saturated carbocycles. The van der Waals surface area contributed by atoms with Crippen molar-refractivity contribution in [1.82, 2.24) is 9.55 Å². The smallest absolute Gasteiger partial charge is 0.139 e. The van der Waals surface area contributed by atoms with E-state index in [9.17, 15) is 0 Å². The largest absolute Gasteiger partial charge is 0.331 e. The van der Waals surface area contributed by atoms with Gasteiger partial charge in [0.05, 0.1) is 0 Å². The van der Waals surface area contributed by atoms with Crippen molar-refractivity contribution in [3.63, 3.8) is 0 Å². The summed E-state index contributed by atoms with van der Waals surface area (Å²) >= 11 is 0. The van der Waals surface area contributed by atoms with Gasteiger partial charge in [-0.3, -0.25) is 0 Å². The van der Waals surface area contributed by atoms with Crippen LogP contribution in [0.15, 0.2) is 30.5 Å². The first-order valence-corrected chi connectivity index (χ1v) is 4.74. The molecule has 0 bridgehead atoms.